The van der Waals surface area contributed by atoms with Crippen molar-refractivity contribution in [3.05, 3.63) is 80.7 Å². The van der Waals surface area contributed by atoms with Crippen LogP contribution in [0, 0.1) is 5.82 Å². The number of nitrogens with one attached hydrogen (secondary N) is 1. The summed E-state index contributed by atoms with van der Waals surface area (Å²) in [6, 6.07) is 8.68. The van der Waals surface area contributed by atoms with E-state index >= 15 is 4.39 Å². The number of thiazole rings is 1. The molecule has 0 bridgehead atoms. The van der Waals surface area contributed by atoms with E-state index in [9.17, 15) is 23.2 Å². The second-order valence-corrected chi connectivity index (χ2v) is 13.2. The highest BCUT2D eigenvalue weighted by Gasteiger charge is 2.43. The molecule has 0 spiro atoms. The van der Waals surface area contributed by atoms with E-state index in [1.54, 1.807) is 35.4 Å². The lowest BCUT2D eigenvalue weighted by atomic mass is 10.0. The van der Waals surface area contributed by atoms with Crippen LogP contribution in [0.1, 0.15) is 57.5 Å². The molecule has 0 unspecified atom stereocenters. The monoisotopic (exact) mass is 674 g/mol. The summed E-state index contributed by atoms with van der Waals surface area (Å²) < 4.78 is 48.6. The maximum absolute atomic E-state index is 15.4. The number of nitrogens with zero attached hydrogens (tertiary/aromatic N) is 3. The Morgan fingerprint density at radius 3 is 2.70 bits per heavy atom. The van der Waals surface area contributed by atoms with Crippen molar-refractivity contribution < 1.29 is 37.1 Å². The highest BCUT2D eigenvalue weighted by Crippen LogP contribution is 2.39. The molecule has 14 heteroatoms. The van der Waals surface area contributed by atoms with Crippen LogP contribution in [0.25, 0.3) is 11.0 Å². The number of halogens is 4. The second kappa shape index (κ2) is 13.0. The van der Waals surface area contributed by atoms with Gasteiger partial charge in [0.25, 0.3) is 11.8 Å². The molecule has 2 amide bonds. The van der Waals surface area contributed by atoms with Gasteiger partial charge in [0.05, 0.1) is 35.2 Å². The summed E-state index contributed by atoms with van der Waals surface area (Å²) in [7, 11) is 0. The van der Waals surface area contributed by atoms with Crippen LogP contribution in [0.5, 0.6) is 0 Å². The third-order valence-corrected chi connectivity index (χ3v) is 10.0. The molecular weight excluding hydrogens is 645 g/mol. The maximum Gasteiger partial charge on any atom is 0.303 e. The summed E-state index contributed by atoms with van der Waals surface area (Å²) in [5.74, 6) is -5.32. The Hall–Kier alpha value is -3.94. The normalized spacial score (nSPS) is 19.9. The number of hydrogen-bond donors (Lipinski definition) is 2. The fraction of sp³-hybridized carbons (Fsp3) is 0.375. The predicted octanol–water partition coefficient (Wildman–Crippen LogP) is 6.57. The summed E-state index contributed by atoms with van der Waals surface area (Å²) in [4.78, 5) is 46.5. The van der Waals surface area contributed by atoms with E-state index in [4.69, 9.17) is 21.1 Å². The third-order valence-electron chi connectivity index (χ3n) is 8.54. The molecule has 0 aliphatic carbocycles. The van der Waals surface area contributed by atoms with Gasteiger partial charge in [0.15, 0.2) is 0 Å². The van der Waals surface area contributed by atoms with Gasteiger partial charge in [-0.15, -0.1) is 11.3 Å². The predicted molar refractivity (Wildman–Crippen MR) is 166 cm³/mol. The fourth-order valence-corrected chi connectivity index (χ4v) is 7.33. The summed E-state index contributed by atoms with van der Waals surface area (Å²) >= 11 is 7.76. The summed E-state index contributed by atoms with van der Waals surface area (Å²) in [5, 5.41) is 12.9. The number of aliphatic carboxylic acids is 1. The number of amides is 2. The number of carbonyl (C=O) groups excluding carboxylic acids is 2. The molecule has 2 N–H and O–H groups in total. The molecule has 0 radical (unpaired) electrons. The number of aryl methyl sites for hydroxylation is 1. The standard InChI is InChI=1S/C32H30ClF3N4O5S/c33-23-11-18(24(34)14-25(23)38-30(44)22-17-45-27-4-2-1-3-21(22)27)12-28(41)40-16-19(39-9-7-32(35,36)8-10-39)13-26(40)31-37-15-20(46-31)5-6-29(42)43/h1-4,11,14-15,17,19,26H,5-10,12-13,16H2,(H,38,44)(H,42,43)/t19-,26-/m0/s1. The number of likely N-dealkylation sites (tertiary alicyclic amines) is 2. The number of carboxylic acid groups (broad SMARTS) is 1. The average Bonchev–Trinajstić information content (AvgIpc) is 3.77. The Balaban J connectivity index is 1.19. The van der Waals surface area contributed by atoms with Gasteiger partial charge in [-0.2, -0.15) is 0 Å². The van der Waals surface area contributed by atoms with Crippen LogP contribution in [0.2, 0.25) is 5.02 Å². The number of anilines is 1. The van der Waals surface area contributed by atoms with Crippen molar-refractivity contribution in [3.63, 3.8) is 0 Å². The molecule has 4 heterocycles. The molecule has 9 nitrogen and oxygen atoms in total. The minimum absolute atomic E-state index is 0.0304. The number of furan rings is 1. The Morgan fingerprint density at radius 2 is 1.93 bits per heavy atom. The number of rotatable bonds is 9. The summed E-state index contributed by atoms with van der Waals surface area (Å²) in [6.45, 7) is 0.640. The molecule has 2 fully saturated rings. The van der Waals surface area contributed by atoms with Crippen LogP contribution >= 0.6 is 22.9 Å². The van der Waals surface area contributed by atoms with Crippen molar-refractivity contribution >= 4 is 57.4 Å². The van der Waals surface area contributed by atoms with E-state index in [0.717, 1.165) is 10.9 Å². The SMILES string of the molecule is O=C(O)CCc1cnc([C@@H]2C[C@H](N3CCC(F)(F)CC3)CN2C(=O)Cc2cc(Cl)c(NC(=O)c3coc4ccccc34)cc2F)s1. The molecule has 0 saturated carbocycles. The molecule has 2 aliphatic rings. The number of carboxylic acids is 1. The van der Waals surface area contributed by atoms with Crippen molar-refractivity contribution in [2.45, 2.75) is 56.5 Å². The molecule has 242 valence electrons. The van der Waals surface area contributed by atoms with E-state index in [1.807, 2.05) is 4.90 Å². The van der Waals surface area contributed by atoms with Gasteiger partial charge in [0.1, 0.15) is 22.7 Å². The van der Waals surface area contributed by atoms with Crippen LogP contribution in [-0.2, 0) is 22.4 Å². The molecular formula is C32H30ClF3N4O5S. The first-order chi connectivity index (χ1) is 22.0. The van der Waals surface area contributed by atoms with Gasteiger partial charge in [0, 0.05) is 55.0 Å². The first-order valence-corrected chi connectivity index (χ1v) is 16.0. The van der Waals surface area contributed by atoms with Gasteiger partial charge >= 0.3 is 5.97 Å². The van der Waals surface area contributed by atoms with Gasteiger partial charge in [-0.05, 0) is 36.6 Å². The second-order valence-electron chi connectivity index (χ2n) is 11.6. The number of alkyl halides is 2. The number of fused-ring (bicyclic) bond motifs is 1. The lowest BCUT2D eigenvalue weighted by molar-refractivity contribution is -0.137. The number of para-hydroxylation sites is 1. The first-order valence-electron chi connectivity index (χ1n) is 14.8. The van der Waals surface area contributed by atoms with Gasteiger partial charge in [-0.3, -0.25) is 19.3 Å². The smallest absolute Gasteiger partial charge is 0.303 e. The minimum Gasteiger partial charge on any atom is -0.481 e. The molecule has 2 aromatic heterocycles. The fourth-order valence-electron chi connectivity index (χ4n) is 6.05. The Labute approximate surface area is 270 Å². The molecule has 2 atom stereocenters. The zero-order valence-electron chi connectivity index (χ0n) is 24.5. The van der Waals surface area contributed by atoms with E-state index in [1.165, 1.54) is 23.7 Å². The highest BCUT2D eigenvalue weighted by atomic mass is 35.5. The maximum atomic E-state index is 15.4. The quantitative estimate of drug-likeness (QED) is 0.206. The zero-order chi connectivity index (χ0) is 32.6. The third kappa shape index (κ3) is 6.91. The summed E-state index contributed by atoms with van der Waals surface area (Å²) in [5.41, 5.74) is 0.839. The number of hydrogen-bond acceptors (Lipinski definition) is 7. The number of benzene rings is 2. The van der Waals surface area contributed by atoms with Gasteiger partial charge < -0.3 is 19.7 Å². The molecule has 2 aromatic carbocycles. The molecule has 4 aromatic rings. The van der Waals surface area contributed by atoms with Crippen LogP contribution in [0.3, 0.4) is 0 Å². The first kappa shape index (κ1) is 32.0. The topological polar surface area (TPSA) is 116 Å². The van der Waals surface area contributed by atoms with E-state index in [0.29, 0.717) is 28.8 Å². The lowest BCUT2D eigenvalue weighted by Gasteiger charge is -2.35. The molecule has 2 saturated heterocycles. The highest BCUT2D eigenvalue weighted by molar-refractivity contribution is 7.11. The Kier molecular flexibility index (Phi) is 9.08. The van der Waals surface area contributed by atoms with Crippen LogP contribution in [0.15, 0.2) is 53.3 Å². The molecule has 6 rings (SSSR count). The van der Waals surface area contributed by atoms with Crippen molar-refractivity contribution in [3.8, 4) is 0 Å². The van der Waals surface area contributed by atoms with Crippen LogP contribution in [0.4, 0.5) is 18.9 Å². The zero-order valence-corrected chi connectivity index (χ0v) is 26.1. The average molecular weight is 675 g/mol. The van der Waals surface area contributed by atoms with Crippen molar-refractivity contribution in [1.29, 1.82) is 0 Å². The Morgan fingerprint density at radius 1 is 1.17 bits per heavy atom. The number of carbonyl (C=O) groups is 3. The molecule has 2 aliphatic heterocycles. The minimum atomic E-state index is -2.72. The van der Waals surface area contributed by atoms with Gasteiger partial charge in [0.2, 0.25) is 5.91 Å². The number of aromatic nitrogens is 1. The van der Waals surface area contributed by atoms with E-state index in [-0.39, 0.29) is 73.2 Å². The van der Waals surface area contributed by atoms with E-state index < -0.39 is 35.6 Å². The largest absolute Gasteiger partial charge is 0.481 e. The van der Waals surface area contributed by atoms with Crippen molar-refractivity contribution in [2.24, 2.45) is 0 Å². The van der Waals surface area contributed by atoms with E-state index in [2.05, 4.69) is 10.3 Å². The lowest BCUT2D eigenvalue weighted by Crippen LogP contribution is -2.46. The van der Waals surface area contributed by atoms with Crippen LogP contribution < -0.4 is 5.32 Å². The van der Waals surface area contributed by atoms with Gasteiger partial charge in [-0.25, -0.2) is 18.2 Å². The molecule has 46 heavy (non-hydrogen) atoms. The van der Waals surface area contributed by atoms with Gasteiger partial charge in [-0.1, -0.05) is 29.8 Å². The number of piperidine rings is 1. The van der Waals surface area contributed by atoms with Crippen LogP contribution in [-0.4, -0.2) is 69.3 Å². The van der Waals surface area contributed by atoms with Crippen molar-refractivity contribution in [1.82, 2.24) is 14.8 Å². The Bertz CT molecular complexity index is 1790. The summed E-state index contributed by atoms with van der Waals surface area (Å²) in [6.07, 6.45) is 2.74. The van der Waals surface area contributed by atoms with Crippen molar-refractivity contribution in [2.75, 3.05) is 25.0 Å².